The molecule has 1 atom stereocenters. The Morgan fingerprint density at radius 1 is 1.23 bits per heavy atom. The zero-order valence-corrected chi connectivity index (χ0v) is 14.9. The summed E-state index contributed by atoms with van der Waals surface area (Å²) < 4.78 is 20.9. The van der Waals surface area contributed by atoms with Crippen LogP contribution < -0.4 is 10.1 Å². The molecule has 0 radical (unpaired) electrons. The zero-order valence-electron chi connectivity index (χ0n) is 14.9. The Balaban J connectivity index is 1.79. The van der Waals surface area contributed by atoms with Crippen molar-refractivity contribution in [3.05, 3.63) is 77.4 Å². The van der Waals surface area contributed by atoms with Crippen molar-refractivity contribution in [2.24, 2.45) is 0 Å². The van der Waals surface area contributed by atoms with E-state index >= 15 is 0 Å². The first-order valence-corrected chi connectivity index (χ1v) is 8.25. The maximum Gasteiger partial charge on any atom is 0.254 e. The smallest absolute Gasteiger partial charge is 0.254 e. The highest BCUT2D eigenvalue weighted by molar-refractivity contribution is 5.94. The summed E-state index contributed by atoms with van der Waals surface area (Å²) >= 11 is 0. The average Bonchev–Trinajstić information content (AvgIpc) is 3.03. The van der Waals surface area contributed by atoms with Gasteiger partial charge in [-0.1, -0.05) is 18.2 Å². The number of ether oxygens (including phenoxy) is 1. The molecule has 2 aromatic carbocycles. The van der Waals surface area contributed by atoms with Gasteiger partial charge in [0, 0.05) is 17.3 Å². The summed E-state index contributed by atoms with van der Waals surface area (Å²) in [4.78, 5) is 12.4. The van der Waals surface area contributed by atoms with Crippen molar-refractivity contribution in [1.29, 1.82) is 0 Å². The molecule has 3 aromatic rings. The largest absolute Gasteiger partial charge is 0.497 e. The molecule has 0 aliphatic rings. The number of amides is 1. The van der Waals surface area contributed by atoms with Crippen molar-refractivity contribution in [2.75, 3.05) is 7.11 Å². The lowest BCUT2D eigenvalue weighted by atomic mass is 10.1. The fourth-order valence-corrected chi connectivity index (χ4v) is 2.84. The Bertz CT molecular complexity index is 922. The second kappa shape index (κ2) is 7.39. The standard InChI is InChI=1S/C20H20FN3O2/c1-13(23-20(25)17-10-9-16(26-3)11-19(17)21)18-12-22-24(14(18)2)15-7-5-4-6-8-15/h4-13H,1-3H3,(H,23,25). The van der Waals surface area contributed by atoms with Crippen molar-refractivity contribution in [3.63, 3.8) is 0 Å². The molecule has 134 valence electrons. The Labute approximate surface area is 151 Å². The van der Waals surface area contributed by atoms with E-state index in [1.165, 1.54) is 19.2 Å². The van der Waals surface area contributed by atoms with Crippen LogP contribution in [0.5, 0.6) is 5.75 Å². The van der Waals surface area contributed by atoms with E-state index in [0.29, 0.717) is 5.75 Å². The summed E-state index contributed by atoms with van der Waals surface area (Å²) in [7, 11) is 1.45. The molecule has 1 N–H and O–H groups in total. The van der Waals surface area contributed by atoms with Crippen LogP contribution in [0.25, 0.3) is 5.69 Å². The molecule has 0 spiro atoms. The van der Waals surface area contributed by atoms with Crippen molar-refractivity contribution >= 4 is 5.91 Å². The lowest BCUT2D eigenvalue weighted by molar-refractivity contribution is 0.0935. The molecule has 0 fully saturated rings. The molecular weight excluding hydrogens is 333 g/mol. The van der Waals surface area contributed by atoms with Gasteiger partial charge in [-0.2, -0.15) is 5.10 Å². The van der Waals surface area contributed by atoms with Gasteiger partial charge in [-0.15, -0.1) is 0 Å². The van der Waals surface area contributed by atoms with Gasteiger partial charge < -0.3 is 10.1 Å². The monoisotopic (exact) mass is 353 g/mol. The molecule has 0 aliphatic carbocycles. The van der Waals surface area contributed by atoms with Gasteiger partial charge in [0.05, 0.1) is 30.6 Å². The molecule has 1 amide bonds. The third-order valence-corrected chi connectivity index (χ3v) is 4.28. The molecule has 0 saturated carbocycles. The molecule has 1 unspecified atom stereocenters. The second-order valence-electron chi connectivity index (χ2n) is 5.97. The third-order valence-electron chi connectivity index (χ3n) is 4.28. The van der Waals surface area contributed by atoms with Gasteiger partial charge in [0.15, 0.2) is 0 Å². The summed E-state index contributed by atoms with van der Waals surface area (Å²) in [6.07, 6.45) is 1.72. The number of hydrogen-bond acceptors (Lipinski definition) is 3. The van der Waals surface area contributed by atoms with Crippen LogP contribution in [0.15, 0.2) is 54.7 Å². The first-order chi connectivity index (χ1) is 12.5. The topological polar surface area (TPSA) is 56.1 Å². The van der Waals surface area contributed by atoms with Crippen LogP contribution in [-0.2, 0) is 0 Å². The predicted molar refractivity (Wildman–Crippen MR) is 97.1 cm³/mol. The van der Waals surface area contributed by atoms with Crippen molar-refractivity contribution in [1.82, 2.24) is 15.1 Å². The van der Waals surface area contributed by atoms with Gasteiger partial charge in [-0.25, -0.2) is 9.07 Å². The fraction of sp³-hybridized carbons (Fsp3) is 0.200. The number of nitrogens with one attached hydrogen (secondary N) is 1. The minimum Gasteiger partial charge on any atom is -0.497 e. The van der Waals surface area contributed by atoms with Crippen LogP contribution in [0.4, 0.5) is 4.39 Å². The number of carbonyl (C=O) groups excluding carboxylic acids is 1. The van der Waals surface area contributed by atoms with Crippen LogP contribution in [0, 0.1) is 12.7 Å². The fourth-order valence-electron chi connectivity index (χ4n) is 2.84. The molecule has 5 nitrogen and oxygen atoms in total. The van der Waals surface area contributed by atoms with Crippen molar-refractivity contribution in [3.8, 4) is 11.4 Å². The molecule has 6 heteroatoms. The maximum atomic E-state index is 14.1. The van der Waals surface area contributed by atoms with E-state index in [1.807, 2.05) is 48.9 Å². The molecule has 26 heavy (non-hydrogen) atoms. The number of aromatic nitrogens is 2. The van der Waals surface area contributed by atoms with E-state index in [-0.39, 0.29) is 11.6 Å². The number of methoxy groups -OCH3 is 1. The van der Waals surface area contributed by atoms with E-state index < -0.39 is 11.7 Å². The summed E-state index contributed by atoms with van der Waals surface area (Å²) in [5, 5.41) is 7.23. The predicted octanol–water partition coefficient (Wildman–Crippen LogP) is 3.82. The number of carbonyl (C=O) groups is 1. The van der Waals surface area contributed by atoms with Crippen LogP contribution >= 0.6 is 0 Å². The first-order valence-electron chi connectivity index (χ1n) is 8.25. The maximum absolute atomic E-state index is 14.1. The number of para-hydroxylation sites is 1. The van der Waals surface area contributed by atoms with E-state index in [0.717, 1.165) is 16.9 Å². The number of rotatable bonds is 5. The Hall–Kier alpha value is -3.15. The summed E-state index contributed by atoms with van der Waals surface area (Å²) in [6.45, 7) is 3.78. The van der Waals surface area contributed by atoms with Crippen LogP contribution in [0.1, 0.15) is 34.6 Å². The molecule has 3 rings (SSSR count). The molecule has 1 heterocycles. The molecule has 0 saturated heterocycles. The zero-order chi connectivity index (χ0) is 18.7. The Morgan fingerprint density at radius 3 is 2.62 bits per heavy atom. The van der Waals surface area contributed by atoms with Crippen molar-refractivity contribution < 1.29 is 13.9 Å². The van der Waals surface area contributed by atoms with Crippen molar-refractivity contribution in [2.45, 2.75) is 19.9 Å². The summed E-state index contributed by atoms with van der Waals surface area (Å²) in [6, 6.07) is 13.6. The minimum atomic E-state index is -0.620. The molecule has 0 aliphatic heterocycles. The lowest BCUT2D eigenvalue weighted by Gasteiger charge is -2.15. The van der Waals surface area contributed by atoms with Crippen LogP contribution in [0.3, 0.4) is 0 Å². The van der Waals surface area contributed by atoms with Crippen LogP contribution in [0.2, 0.25) is 0 Å². The van der Waals surface area contributed by atoms with E-state index in [4.69, 9.17) is 4.74 Å². The number of hydrogen-bond donors (Lipinski definition) is 1. The molecular formula is C20H20FN3O2. The quantitative estimate of drug-likeness (QED) is 0.759. The Morgan fingerprint density at radius 2 is 1.96 bits per heavy atom. The van der Waals surface area contributed by atoms with E-state index in [2.05, 4.69) is 10.4 Å². The van der Waals surface area contributed by atoms with Crippen LogP contribution in [-0.4, -0.2) is 22.8 Å². The van der Waals surface area contributed by atoms with Gasteiger partial charge in [0.25, 0.3) is 5.91 Å². The SMILES string of the molecule is COc1ccc(C(=O)NC(C)c2cnn(-c3ccccc3)c2C)c(F)c1. The third kappa shape index (κ3) is 3.44. The van der Waals surface area contributed by atoms with E-state index in [1.54, 1.807) is 12.3 Å². The average molecular weight is 353 g/mol. The lowest BCUT2D eigenvalue weighted by Crippen LogP contribution is -2.27. The normalized spacial score (nSPS) is 11.8. The van der Waals surface area contributed by atoms with Gasteiger partial charge >= 0.3 is 0 Å². The number of halogens is 1. The summed E-state index contributed by atoms with van der Waals surface area (Å²) in [5.41, 5.74) is 2.71. The second-order valence-corrected chi connectivity index (χ2v) is 5.97. The minimum absolute atomic E-state index is 0.0224. The van der Waals surface area contributed by atoms with Gasteiger partial charge in [-0.3, -0.25) is 4.79 Å². The number of benzene rings is 2. The first kappa shape index (κ1) is 17.7. The van der Waals surface area contributed by atoms with E-state index in [9.17, 15) is 9.18 Å². The molecule has 0 bridgehead atoms. The van der Waals surface area contributed by atoms with Gasteiger partial charge in [-0.05, 0) is 38.1 Å². The highest BCUT2D eigenvalue weighted by Gasteiger charge is 2.19. The van der Waals surface area contributed by atoms with Gasteiger partial charge in [0.2, 0.25) is 0 Å². The highest BCUT2D eigenvalue weighted by Crippen LogP contribution is 2.21. The molecule has 1 aromatic heterocycles. The Kier molecular flexibility index (Phi) is 5.02. The van der Waals surface area contributed by atoms with Gasteiger partial charge in [0.1, 0.15) is 11.6 Å². The summed E-state index contributed by atoms with van der Waals surface area (Å²) in [5.74, 6) is -0.734. The highest BCUT2D eigenvalue weighted by atomic mass is 19.1. The number of nitrogens with zero attached hydrogens (tertiary/aromatic N) is 2.